The van der Waals surface area contributed by atoms with Crippen LogP contribution in [0, 0.1) is 5.92 Å². The lowest BCUT2D eigenvalue weighted by atomic mass is 9.91. The Bertz CT molecular complexity index is 860. The van der Waals surface area contributed by atoms with Gasteiger partial charge in [-0.2, -0.15) is 0 Å². The van der Waals surface area contributed by atoms with Crippen LogP contribution in [0.2, 0.25) is 0 Å². The minimum absolute atomic E-state index is 0.117. The Labute approximate surface area is 189 Å². The van der Waals surface area contributed by atoms with E-state index in [9.17, 15) is 19.3 Å². The van der Waals surface area contributed by atoms with Crippen molar-refractivity contribution in [2.75, 3.05) is 18.9 Å². The van der Waals surface area contributed by atoms with Gasteiger partial charge in [-0.05, 0) is 45.6 Å². The summed E-state index contributed by atoms with van der Waals surface area (Å²) in [4.78, 5) is 24.1. The maximum Gasteiger partial charge on any atom is 0.407 e. The highest BCUT2D eigenvalue weighted by molar-refractivity contribution is 7.59. The molecule has 0 saturated heterocycles. The summed E-state index contributed by atoms with van der Waals surface area (Å²) in [6.07, 6.45) is 2.60. The zero-order valence-corrected chi connectivity index (χ0v) is 19.9. The molecule has 3 unspecified atom stereocenters. The summed E-state index contributed by atoms with van der Waals surface area (Å²) in [5.74, 6) is -0.282. The Hall–Kier alpha value is -1.89. The third kappa shape index (κ3) is 7.06. The molecule has 1 aromatic carbocycles. The molecule has 3 rings (SSSR count). The second-order valence-electron chi connectivity index (χ2n) is 9.65. The van der Waals surface area contributed by atoms with Gasteiger partial charge in [0.15, 0.2) is 0 Å². The van der Waals surface area contributed by atoms with Crippen molar-refractivity contribution in [1.82, 2.24) is 5.32 Å². The molecule has 1 fully saturated rings. The number of ether oxygens (including phenoxy) is 2. The summed E-state index contributed by atoms with van der Waals surface area (Å²) in [5.41, 5.74) is 0.283. The molecule has 0 bridgehead atoms. The van der Waals surface area contributed by atoms with Gasteiger partial charge >= 0.3 is 12.1 Å². The van der Waals surface area contributed by atoms with E-state index in [1.807, 2.05) is 0 Å². The predicted molar refractivity (Wildman–Crippen MR) is 120 cm³/mol. The summed E-state index contributed by atoms with van der Waals surface area (Å²) in [6.45, 7) is 5.12. The summed E-state index contributed by atoms with van der Waals surface area (Å²) < 4.78 is 30.4. The van der Waals surface area contributed by atoms with Gasteiger partial charge < -0.3 is 19.9 Å². The van der Waals surface area contributed by atoms with Crippen LogP contribution in [0.15, 0.2) is 24.3 Å². The minimum atomic E-state index is -3.40. The summed E-state index contributed by atoms with van der Waals surface area (Å²) in [7, 11) is -3.40. The first-order valence-electron chi connectivity index (χ1n) is 11.3. The number of hydrogen-bond acceptors (Lipinski definition) is 7. The van der Waals surface area contributed by atoms with Crippen LogP contribution in [-0.4, -0.2) is 47.7 Å². The van der Waals surface area contributed by atoms with Crippen molar-refractivity contribution in [3.05, 3.63) is 35.4 Å². The van der Waals surface area contributed by atoms with Crippen molar-refractivity contribution in [3.63, 3.8) is 0 Å². The molecule has 2 aliphatic rings. The molecular formula is C23H34NO7P. The molecule has 1 aromatic rings. The van der Waals surface area contributed by atoms with E-state index in [2.05, 4.69) is 5.32 Å². The van der Waals surface area contributed by atoms with E-state index < -0.39 is 37.4 Å². The molecule has 3 atom stereocenters. The average molecular weight is 467 g/mol. The standard InChI is InChI=1S/C23H34NO7P/c1-23(2,3)30-22(27)24-13-17(25)15-32(28,14-16-9-5-4-6-10-16)31-21-19-12-8-7-11-18(19)20(26)29-21/h7-8,11-12,16-17,21,25H,4-6,9-10,13-15H2,1-3H3,(H,24,27). The number of hydrogen-bond donors (Lipinski definition) is 2. The van der Waals surface area contributed by atoms with Crippen LogP contribution in [0.5, 0.6) is 0 Å². The fourth-order valence-corrected chi connectivity index (χ4v) is 6.94. The molecule has 178 valence electrons. The number of aliphatic hydroxyl groups excluding tert-OH is 1. The monoisotopic (exact) mass is 467 g/mol. The number of aliphatic hydroxyl groups is 1. The molecule has 1 heterocycles. The maximum absolute atomic E-state index is 13.9. The van der Waals surface area contributed by atoms with E-state index in [-0.39, 0.29) is 18.6 Å². The van der Waals surface area contributed by atoms with Gasteiger partial charge in [0.05, 0.1) is 17.8 Å². The van der Waals surface area contributed by atoms with Gasteiger partial charge in [0.1, 0.15) is 5.60 Å². The predicted octanol–water partition coefficient (Wildman–Crippen LogP) is 4.62. The van der Waals surface area contributed by atoms with Crippen LogP contribution < -0.4 is 5.32 Å². The number of rotatable bonds is 8. The summed E-state index contributed by atoms with van der Waals surface area (Å²) in [6, 6.07) is 6.86. The molecule has 2 N–H and O–H groups in total. The number of nitrogens with one attached hydrogen (secondary N) is 1. The Morgan fingerprint density at radius 3 is 2.62 bits per heavy atom. The molecule has 32 heavy (non-hydrogen) atoms. The number of cyclic esters (lactones) is 1. The van der Waals surface area contributed by atoms with Crippen LogP contribution in [0.3, 0.4) is 0 Å². The number of benzene rings is 1. The van der Waals surface area contributed by atoms with Crippen molar-refractivity contribution >= 4 is 19.4 Å². The summed E-state index contributed by atoms with van der Waals surface area (Å²) in [5, 5.41) is 13.1. The highest BCUT2D eigenvalue weighted by Crippen LogP contribution is 2.55. The molecule has 1 saturated carbocycles. The zero-order valence-electron chi connectivity index (χ0n) is 19.0. The first kappa shape index (κ1) is 24.7. The van der Waals surface area contributed by atoms with Crippen LogP contribution in [0.25, 0.3) is 0 Å². The third-order valence-corrected chi connectivity index (χ3v) is 8.19. The Kier molecular flexibility index (Phi) is 8.01. The van der Waals surface area contributed by atoms with Gasteiger partial charge in [-0.1, -0.05) is 37.5 Å². The fourth-order valence-electron chi connectivity index (χ4n) is 4.19. The first-order valence-corrected chi connectivity index (χ1v) is 13.3. The Morgan fingerprint density at radius 1 is 1.25 bits per heavy atom. The van der Waals surface area contributed by atoms with E-state index >= 15 is 0 Å². The SMILES string of the molecule is CC(C)(C)OC(=O)NCC(O)CP(=O)(CC1CCCCC1)OC1OC(=O)c2ccccc21. The number of carbonyl (C=O) groups excluding carboxylic acids is 2. The third-order valence-electron chi connectivity index (χ3n) is 5.57. The molecule has 1 aliphatic heterocycles. The van der Waals surface area contributed by atoms with Crippen LogP contribution in [0.4, 0.5) is 4.79 Å². The zero-order chi connectivity index (χ0) is 23.4. The van der Waals surface area contributed by atoms with Crippen LogP contribution in [-0.2, 0) is 18.6 Å². The minimum Gasteiger partial charge on any atom is -0.444 e. The van der Waals surface area contributed by atoms with Crippen LogP contribution in [0.1, 0.15) is 75.1 Å². The van der Waals surface area contributed by atoms with Crippen molar-refractivity contribution < 1.29 is 33.3 Å². The maximum atomic E-state index is 13.9. The highest BCUT2D eigenvalue weighted by atomic mass is 31.2. The molecular weight excluding hydrogens is 433 g/mol. The molecule has 1 aliphatic carbocycles. The number of carbonyl (C=O) groups is 2. The smallest absolute Gasteiger partial charge is 0.407 e. The lowest BCUT2D eigenvalue weighted by molar-refractivity contribution is -0.0376. The normalized spacial score (nSPS) is 21.9. The van der Waals surface area contributed by atoms with E-state index in [0.29, 0.717) is 17.3 Å². The van der Waals surface area contributed by atoms with Gasteiger partial charge in [0.25, 0.3) is 0 Å². The lowest BCUT2D eigenvalue weighted by Crippen LogP contribution is -2.38. The van der Waals surface area contributed by atoms with Gasteiger partial charge in [0, 0.05) is 18.3 Å². The van der Waals surface area contributed by atoms with Crippen molar-refractivity contribution in [1.29, 1.82) is 0 Å². The molecule has 0 radical (unpaired) electrons. The van der Waals surface area contributed by atoms with Crippen molar-refractivity contribution in [2.45, 2.75) is 70.9 Å². The fraction of sp³-hybridized carbons (Fsp3) is 0.652. The molecule has 8 nitrogen and oxygen atoms in total. The van der Waals surface area contributed by atoms with Gasteiger partial charge in [-0.3, -0.25) is 9.09 Å². The number of amides is 1. The van der Waals surface area contributed by atoms with Crippen molar-refractivity contribution in [2.24, 2.45) is 5.92 Å². The molecule has 9 heteroatoms. The van der Waals surface area contributed by atoms with Gasteiger partial charge in [-0.15, -0.1) is 0 Å². The highest BCUT2D eigenvalue weighted by Gasteiger charge is 2.39. The van der Waals surface area contributed by atoms with E-state index in [1.165, 1.54) is 0 Å². The molecule has 1 amide bonds. The van der Waals surface area contributed by atoms with E-state index in [0.717, 1.165) is 32.1 Å². The number of esters is 1. The first-order chi connectivity index (χ1) is 15.0. The largest absolute Gasteiger partial charge is 0.444 e. The van der Waals surface area contributed by atoms with Gasteiger partial charge in [0.2, 0.25) is 13.7 Å². The average Bonchev–Trinajstić information content (AvgIpc) is 3.01. The second kappa shape index (κ2) is 10.4. The Balaban J connectivity index is 1.68. The lowest BCUT2D eigenvalue weighted by Gasteiger charge is -2.29. The molecule has 0 spiro atoms. The molecule has 0 aromatic heterocycles. The number of alkyl carbamates (subject to hydrolysis) is 1. The Morgan fingerprint density at radius 2 is 1.94 bits per heavy atom. The van der Waals surface area contributed by atoms with Gasteiger partial charge in [-0.25, -0.2) is 9.59 Å². The number of fused-ring (bicyclic) bond motifs is 1. The summed E-state index contributed by atoms with van der Waals surface area (Å²) >= 11 is 0. The quantitative estimate of drug-likeness (QED) is 0.424. The van der Waals surface area contributed by atoms with Crippen LogP contribution >= 0.6 is 7.37 Å². The second-order valence-corrected chi connectivity index (χ2v) is 12.2. The topological polar surface area (TPSA) is 111 Å². The van der Waals surface area contributed by atoms with E-state index in [4.69, 9.17) is 14.0 Å². The van der Waals surface area contributed by atoms with Crippen molar-refractivity contribution in [3.8, 4) is 0 Å². The van der Waals surface area contributed by atoms with E-state index in [1.54, 1.807) is 45.0 Å².